The van der Waals surface area contributed by atoms with Crippen LogP contribution in [0.4, 0.5) is 0 Å². The maximum Gasteiger partial charge on any atom is 0.158 e. The Balaban J connectivity index is 1.66. The fourth-order valence-corrected chi connectivity index (χ4v) is 3.67. The first-order valence-electron chi connectivity index (χ1n) is 7.17. The molecule has 0 spiro atoms. The molecule has 0 aromatic carbocycles. The molecule has 100 valence electrons. The van der Waals surface area contributed by atoms with Crippen LogP contribution in [0.5, 0.6) is 0 Å². The average molecular weight is 250 g/mol. The summed E-state index contributed by atoms with van der Waals surface area (Å²) in [5.41, 5.74) is 0. The van der Waals surface area contributed by atoms with E-state index < -0.39 is 0 Å². The number of carbonyl (C=O) groups is 1. The summed E-state index contributed by atoms with van der Waals surface area (Å²) >= 11 is 0. The molecule has 0 amide bonds. The lowest BCUT2D eigenvalue weighted by Gasteiger charge is -2.53. The van der Waals surface area contributed by atoms with Crippen LogP contribution >= 0.6 is 0 Å². The Bertz CT molecular complexity index is 357. The van der Waals surface area contributed by atoms with Crippen LogP contribution in [0.25, 0.3) is 0 Å². The summed E-state index contributed by atoms with van der Waals surface area (Å²) in [6, 6.07) is 0. The normalized spacial score (nSPS) is 47.6. The molecule has 1 aliphatic heterocycles. The van der Waals surface area contributed by atoms with Crippen LogP contribution in [0, 0.1) is 23.7 Å². The Labute approximate surface area is 109 Å². The monoisotopic (exact) mass is 250 g/mol. The van der Waals surface area contributed by atoms with Crippen LogP contribution in [0.1, 0.15) is 33.1 Å². The van der Waals surface area contributed by atoms with Gasteiger partial charge in [0.15, 0.2) is 12.1 Å². The van der Waals surface area contributed by atoms with Gasteiger partial charge in [0.05, 0.1) is 6.10 Å². The molecule has 3 heteroatoms. The first-order chi connectivity index (χ1) is 8.68. The van der Waals surface area contributed by atoms with Gasteiger partial charge in [0.25, 0.3) is 0 Å². The number of rotatable bonds is 2. The molecule has 6 atom stereocenters. The molecule has 2 aliphatic carbocycles. The van der Waals surface area contributed by atoms with Crippen molar-refractivity contribution in [2.45, 2.75) is 45.5 Å². The molecule has 1 saturated heterocycles. The van der Waals surface area contributed by atoms with E-state index in [2.05, 4.69) is 13.0 Å². The summed E-state index contributed by atoms with van der Waals surface area (Å²) in [6.07, 6.45) is 7.33. The maximum atomic E-state index is 11.8. The van der Waals surface area contributed by atoms with Gasteiger partial charge < -0.3 is 9.47 Å². The van der Waals surface area contributed by atoms with Crippen molar-refractivity contribution in [1.82, 2.24) is 0 Å². The van der Waals surface area contributed by atoms with Gasteiger partial charge in [-0.2, -0.15) is 0 Å². The summed E-state index contributed by atoms with van der Waals surface area (Å²) in [5.74, 6) is 1.74. The van der Waals surface area contributed by atoms with Crippen molar-refractivity contribution in [2.75, 3.05) is 6.61 Å². The predicted molar refractivity (Wildman–Crippen MR) is 67.9 cm³/mol. The van der Waals surface area contributed by atoms with Gasteiger partial charge in [-0.05, 0) is 37.2 Å². The van der Waals surface area contributed by atoms with Crippen molar-refractivity contribution in [3.8, 4) is 0 Å². The van der Waals surface area contributed by atoms with Gasteiger partial charge in [0, 0.05) is 18.4 Å². The van der Waals surface area contributed by atoms with Crippen LogP contribution in [0.2, 0.25) is 0 Å². The second-order valence-corrected chi connectivity index (χ2v) is 5.96. The Morgan fingerprint density at radius 2 is 2.17 bits per heavy atom. The van der Waals surface area contributed by atoms with E-state index in [0.29, 0.717) is 17.8 Å². The topological polar surface area (TPSA) is 35.5 Å². The zero-order valence-corrected chi connectivity index (χ0v) is 11.2. The molecule has 0 aromatic heterocycles. The third kappa shape index (κ3) is 1.94. The molecule has 0 bridgehead atoms. The lowest BCUT2D eigenvalue weighted by atomic mass is 9.56. The van der Waals surface area contributed by atoms with Gasteiger partial charge in [-0.25, -0.2) is 0 Å². The van der Waals surface area contributed by atoms with Crippen molar-refractivity contribution in [1.29, 1.82) is 0 Å². The van der Waals surface area contributed by atoms with E-state index in [1.54, 1.807) is 6.08 Å². The molecule has 0 radical (unpaired) electrons. The van der Waals surface area contributed by atoms with Gasteiger partial charge in [0.2, 0.25) is 0 Å². The smallest absolute Gasteiger partial charge is 0.158 e. The zero-order valence-electron chi connectivity index (χ0n) is 11.2. The number of allylic oxidation sites excluding steroid dienone is 2. The third-order valence-electron chi connectivity index (χ3n) is 4.90. The molecule has 3 nitrogen and oxygen atoms in total. The summed E-state index contributed by atoms with van der Waals surface area (Å²) in [6.45, 7) is 5.07. The van der Waals surface area contributed by atoms with E-state index in [-0.39, 0.29) is 24.1 Å². The number of hydrogen-bond acceptors (Lipinski definition) is 3. The number of ether oxygens (including phenoxy) is 2. The van der Waals surface area contributed by atoms with Gasteiger partial charge >= 0.3 is 0 Å². The van der Waals surface area contributed by atoms with E-state index >= 15 is 0 Å². The van der Waals surface area contributed by atoms with Crippen molar-refractivity contribution < 1.29 is 14.3 Å². The predicted octanol–water partition coefficient (Wildman–Crippen LogP) is 2.56. The van der Waals surface area contributed by atoms with Crippen molar-refractivity contribution >= 4 is 5.78 Å². The van der Waals surface area contributed by atoms with Gasteiger partial charge in [-0.1, -0.05) is 19.9 Å². The lowest BCUT2D eigenvalue weighted by molar-refractivity contribution is -0.249. The Kier molecular flexibility index (Phi) is 3.29. The molecule has 3 aliphatic rings. The van der Waals surface area contributed by atoms with E-state index in [4.69, 9.17) is 9.47 Å². The molecular weight excluding hydrogens is 228 g/mol. The van der Waals surface area contributed by atoms with E-state index in [9.17, 15) is 4.79 Å². The fourth-order valence-electron chi connectivity index (χ4n) is 3.67. The van der Waals surface area contributed by atoms with Crippen LogP contribution in [0.3, 0.4) is 0 Å². The number of fused-ring (bicyclic) bond motifs is 1. The third-order valence-corrected chi connectivity index (χ3v) is 4.90. The fraction of sp³-hybridized carbons (Fsp3) is 0.800. The van der Waals surface area contributed by atoms with Gasteiger partial charge in [-0.3, -0.25) is 4.79 Å². The Morgan fingerprint density at radius 1 is 1.33 bits per heavy atom. The second kappa shape index (κ2) is 4.78. The first-order valence-corrected chi connectivity index (χ1v) is 7.17. The van der Waals surface area contributed by atoms with Crippen molar-refractivity contribution in [3.63, 3.8) is 0 Å². The first kappa shape index (κ1) is 12.4. The van der Waals surface area contributed by atoms with Crippen molar-refractivity contribution in [3.05, 3.63) is 12.2 Å². The molecular formula is C15H22O3. The van der Waals surface area contributed by atoms with Crippen LogP contribution in [-0.4, -0.2) is 24.8 Å². The maximum absolute atomic E-state index is 11.8. The van der Waals surface area contributed by atoms with Crippen LogP contribution < -0.4 is 0 Å². The molecule has 1 heterocycles. The highest BCUT2D eigenvalue weighted by Crippen LogP contribution is 2.50. The van der Waals surface area contributed by atoms with Crippen LogP contribution in [0.15, 0.2) is 12.2 Å². The van der Waals surface area contributed by atoms with Gasteiger partial charge in [-0.15, -0.1) is 0 Å². The number of hydrogen-bond donors (Lipinski definition) is 0. The standard InChI is InChI=1S/C15H22O3/c1-9-11-6-7-12(16)10(2)14(11)15(9)18-13-5-3-4-8-17-13/h6-7,9-11,13-15H,3-5,8H2,1-2H3/t9-,10+,11+,13?,14+,15+/m0/s1. The molecule has 1 unspecified atom stereocenters. The zero-order chi connectivity index (χ0) is 12.7. The summed E-state index contributed by atoms with van der Waals surface area (Å²) in [7, 11) is 0. The van der Waals surface area contributed by atoms with Crippen LogP contribution in [-0.2, 0) is 14.3 Å². The molecule has 1 saturated carbocycles. The minimum atomic E-state index is -0.0413. The second-order valence-electron chi connectivity index (χ2n) is 5.96. The minimum Gasteiger partial charge on any atom is -0.353 e. The highest BCUT2D eigenvalue weighted by atomic mass is 16.7. The Morgan fingerprint density at radius 3 is 2.89 bits per heavy atom. The quantitative estimate of drug-likeness (QED) is 0.755. The molecule has 0 N–H and O–H groups in total. The molecule has 18 heavy (non-hydrogen) atoms. The SMILES string of the molecule is C[C@H]1[C@H]2C=CC(=O)[C@@H](C)[C@H]2[C@@H]1OC1CCCCO1. The highest BCUT2D eigenvalue weighted by molar-refractivity contribution is 5.93. The van der Waals surface area contributed by atoms with Crippen molar-refractivity contribution in [2.24, 2.45) is 23.7 Å². The average Bonchev–Trinajstić information content (AvgIpc) is 2.40. The summed E-state index contributed by atoms with van der Waals surface area (Å²) in [5, 5.41) is 0. The number of ketones is 1. The minimum absolute atomic E-state index is 0.0413. The largest absolute Gasteiger partial charge is 0.353 e. The molecule has 3 rings (SSSR count). The lowest BCUT2D eigenvalue weighted by Crippen LogP contribution is -2.57. The van der Waals surface area contributed by atoms with E-state index in [1.165, 1.54) is 6.42 Å². The highest BCUT2D eigenvalue weighted by Gasteiger charge is 2.53. The Hall–Kier alpha value is -0.670. The molecule has 0 aromatic rings. The number of carbonyl (C=O) groups excluding carboxylic acids is 1. The molecule has 2 fully saturated rings. The van der Waals surface area contributed by atoms with E-state index in [1.807, 2.05) is 6.92 Å². The van der Waals surface area contributed by atoms with Gasteiger partial charge in [0.1, 0.15) is 0 Å². The summed E-state index contributed by atoms with van der Waals surface area (Å²) < 4.78 is 11.8. The van der Waals surface area contributed by atoms with E-state index in [0.717, 1.165) is 19.4 Å². The summed E-state index contributed by atoms with van der Waals surface area (Å²) in [4.78, 5) is 11.8.